The van der Waals surface area contributed by atoms with Gasteiger partial charge in [-0.3, -0.25) is 0 Å². The van der Waals surface area contributed by atoms with Gasteiger partial charge in [0.15, 0.2) is 0 Å². The van der Waals surface area contributed by atoms with Gasteiger partial charge >= 0.3 is 0 Å². The van der Waals surface area contributed by atoms with Gasteiger partial charge in [-0.2, -0.15) is 11.3 Å². The van der Waals surface area contributed by atoms with Crippen LogP contribution in [0.5, 0.6) is 0 Å². The van der Waals surface area contributed by atoms with Crippen molar-refractivity contribution < 1.29 is 0 Å². The Bertz CT molecular complexity index is 321. The van der Waals surface area contributed by atoms with E-state index in [1.807, 2.05) is 0 Å². The molecule has 0 spiro atoms. The average Bonchev–Trinajstić information content (AvgIpc) is 2.55. The Kier molecular flexibility index (Phi) is 2.59. The lowest BCUT2D eigenvalue weighted by Crippen LogP contribution is -1.57. The molecule has 1 aromatic carbocycles. The Morgan fingerprint density at radius 2 is 1.36 bits per heavy atom. The number of thiophene rings is 1. The van der Waals surface area contributed by atoms with Gasteiger partial charge in [-0.15, -0.1) is 0 Å². The summed E-state index contributed by atoms with van der Waals surface area (Å²) in [6.45, 7) is 0. The molecule has 1 aromatic heterocycles. The van der Waals surface area contributed by atoms with E-state index in [9.17, 15) is 0 Å². The molecule has 0 saturated heterocycles. The second-order valence-electron chi connectivity index (χ2n) is 2.00. The predicted octanol–water partition coefficient (Wildman–Crippen LogP) is 2.93. The van der Waals surface area contributed by atoms with Crippen LogP contribution < -0.4 is 0 Å². The van der Waals surface area contributed by atoms with Crippen molar-refractivity contribution in [2.45, 2.75) is 0 Å². The third kappa shape index (κ3) is 1.54. The van der Waals surface area contributed by atoms with Crippen LogP contribution in [0.15, 0.2) is 35.0 Å². The lowest BCUT2D eigenvalue weighted by Gasteiger charge is -1.82. The fraction of sp³-hybridized carbons (Fsp3) is 0. The largest absolute Gasteiger partial charge is 0.151 e. The van der Waals surface area contributed by atoms with E-state index in [-0.39, 0.29) is 0 Å². The smallest absolute Gasteiger partial charge is 0 e. The van der Waals surface area contributed by atoms with Gasteiger partial charge in [-0.25, -0.2) is 0 Å². The first-order valence-corrected chi connectivity index (χ1v) is 4.02. The van der Waals surface area contributed by atoms with Crippen LogP contribution in [0, 0.1) is 10.8 Å². The molecule has 2 rings (SSSR count). The number of hydrogen-bond donors (Lipinski definition) is 0. The molecule has 3 heteroatoms. The van der Waals surface area contributed by atoms with Crippen molar-refractivity contribution in [1.82, 2.24) is 0 Å². The fourth-order valence-electron chi connectivity index (χ4n) is 0.906. The van der Waals surface area contributed by atoms with Gasteiger partial charge < -0.3 is 0 Å². The summed E-state index contributed by atoms with van der Waals surface area (Å²) >= 11 is 1.75. The van der Waals surface area contributed by atoms with E-state index in [4.69, 9.17) is 10.8 Å². The van der Waals surface area contributed by atoms with E-state index in [0.717, 1.165) is 0 Å². The number of hydrogen-bond acceptors (Lipinski definition) is 3. The molecule has 0 aliphatic heterocycles. The van der Waals surface area contributed by atoms with E-state index < -0.39 is 0 Å². The molecule has 0 N–H and O–H groups in total. The van der Waals surface area contributed by atoms with Gasteiger partial charge in [-0.05, 0) is 21.5 Å². The van der Waals surface area contributed by atoms with Crippen LogP contribution in [0.3, 0.4) is 0 Å². The van der Waals surface area contributed by atoms with Gasteiger partial charge in [0.2, 0.25) is 0 Å². The van der Waals surface area contributed by atoms with Crippen LogP contribution >= 0.6 is 11.3 Å². The van der Waals surface area contributed by atoms with Crippen molar-refractivity contribution in [3.63, 3.8) is 0 Å². The van der Waals surface area contributed by atoms with Crippen molar-refractivity contribution in [3.05, 3.63) is 35.0 Å². The zero-order chi connectivity index (χ0) is 8.10. The van der Waals surface area contributed by atoms with Crippen LogP contribution in [0.2, 0.25) is 0 Å². The van der Waals surface area contributed by atoms with Crippen molar-refractivity contribution in [2.75, 3.05) is 0 Å². The first kappa shape index (κ1) is 7.70. The van der Waals surface area contributed by atoms with E-state index in [2.05, 4.69) is 35.0 Å². The minimum Gasteiger partial charge on any atom is -0.151 e. The normalized spacial score (nSPS) is 8.55. The Hall–Kier alpha value is -1.40. The molecule has 0 bridgehead atoms. The van der Waals surface area contributed by atoms with Crippen LogP contribution in [0.25, 0.3) is 10.8 Å². The molecule has 0 fully saturated rings. The van der Waals surface area contributed by atoms with Gasteiger partial charge in [0.1, 0.15) is 0 Å². The predicted molar refractivity (Wildman–Crippen MR) is 45.3 cm³/mol. The lowest BCUT2D eigenvalue weighted by molar-refractivity contribution is 1.15. The van der Waals surface area contributed by atoms with Crippen molar-refractivity contribution in [3.8, 4) is 0 Å². The Morgan fingerprint density at radius 3 is 1.82 bits per heavy atom. The van der Waals surface area contributed by atoms with Gasteiger partial charge in [0.25, 0.3) is 0 Å². The molecule has 1 heterocycles. The van der Waals surface area contributed by atoms with E-state index in [1.165, 1.54) is 10.8 Å². The summed E-state index contributed by atoms with van der Waals surface area (Å²) < 4.78 is 0. The Morgan fingerprint density at radius 1 is 0.909 bits per heavy atom. The molecular formula is C8H6N2S. The summed E-state index contributed by atoms with van der Waals surface area (Å²) in [4.78, 5) is 0. The second-order valence-corrected chi connectivity index (χ2v) is 2.74. The fourth-order valence-corrected chi connectivity index (χ4v) is 1.70. The van der Waals surface area contributed by atoms with Gasteiger partial charge in [0, 0.05) is 10.8 Å². The molecule has 54 valence electrons. The highest BCUT2D eigenvalue weighted by Gasteiger charge is 1.87. The molecule has 0 aliphatic carbocycles. The van der Waals surface area contributed by atoms with Gasteiger partial charge in [0.05, 0.1) is 0 Å². The number of benzene rings is 1. The van der Waals surface area contributed by atoms with Crippen molar-refractivity contribution >= 4 is 22.1 Å². The van der Waals surface area contributed by atoms with Crippen LogP contribution in [0.4, 0.5) is 0 Å². The summed E-state index contributed by atoms with van der Waals surface area (Å²) in [6, 6.07) is 8.39. The number of nitrogens with zero attached hydrogens (tertiary/aromatic N) is 2. The highest BCUT2D eigenvalue weighted by atomic mass is 32.1. The van der Waals surface area contributed by atoms with Crippen LogP contribution in [0.1, 0.15) is 0 Å². The maximum Gasteiger partial charge on any atom is 0 e. The average molecular weight is 162 g/mol. The summed E-state index contributed by atoms with van der Waals surface area (Å²) in [5.74, 6) is 0. The summed E-state index contributed by atoms with van der Waals surface area (Å²) in [6.07, 6.45) is 0. The number of fused-ring (bicyclic) bond motifs is 1. The monoisotopic (exact) mass is 162 g/mol. The summed E-state index contributed by atoms with van der Waals surface area (Å²) in [7, 11) is 0. The maximum atomic E-state index is 6.00. The molecule has 0 aliphatic rings. The standard InChI is InChI=1S/C8H6S.N2/c1-2-4-8-6-9-5-7(8)3-1;1-2/h1-6H;. The first-order chi connectivity index (χ1) is 5.47. The quantitative estimate of drug-likeness (QED) is 0.559. The Labute approximate surface area is 68.5 Å². The zero-order valence-corrected chi connectivity index (χ0v) is 6.58. The molecule has 2 nitrogen and oxygen atoms in total. The lowest BCUT2D eigenvalue weighted by atomic mass is 10.2. The highest BCUT2D eigenvalue weighted by Crippen LogP contribution is 2.17. The minimum absolute atomic E-state index is 1.35. The molecule has 0 radical (unpaired) electrons. The van der Waals surface area contributed by atoms with E-state index in [1.54, 1.807) is 11.3 Å². The zero-order valence-electron chi connectivity index (χ0n) is 5.77. The second kappa shape index (κ2) is 3.69. The Balaban J connectivity index is 0.000000281. The summed E-state index contributed by atoms with van der Waals surface area (Å²) in [5, 5.41) is 19.0. The molecule has 0 saturated carbocycles. The maximum absolute atomic E-state index is 6.00. The summed E-state index contributed by atoms with van der Waals surface area (Å²) in [5.41, 5.74) is 0. The SMILES string of the molecule is N#N.c1ccc2cscc2c1. The van der Waals surface area contributed by atoms with E-state index in [0.29, 0.717) is 0 Å². The van der Waals surface area contributed by atoms with E-state index >= 15 is 0 Å². The molecule has 11 heavy (non-hydrogen) atoms. The molecule has 2 aromatic rings. The van der Waals surface area contributed by atoms with Crippen molar-refractivity contribution in [1.29, 1.82) is 10.8 Å². The molecule has 0 unspecified atom stereocenters. The third-order valence-corrected chi connectivity index (χ3v) is 2.17. The molecular weight excluding hydrogens is 156 g/mol. The highest BCUT2D eigenvalue weighted by molar-refractivity contribution is 7.09. The van der Waals surface area contributed by atoms with Crippen molar-refractivity contribution in [2.24, 2.45) is 0 Å². The third-order valence-electron chi connectivity index (χ3n) is 1.39. The van der Waals surface area contributed by atoms with Crippen LogP contribution in [-0.4, -0.2) is 0 Å². The minimum atomic E-state index is 1.35. The van der Waals surface area contributed by atoms with Gasteiger partial charge in [-0.1, -0.05) is 24.3 Å². The molecule has 0 atom stereocenters. The first-order valence-electron chi connectivity index (χ1n) is 3.08. The number of rotatable bonds is 0. The topological polar surface area (TPSA) is 47.6 Å². The van der Waals surface area contributed by atoms with Crippen LogP contribution in [-0.2, 0) is 0 Å². The molecule has 0 amide bonds.